The number of nitrogens with two attached hydrogens (primary N) is 12. The van der Waals surface area contributed by atoms with Crippen LogP contribution < -0.4 is 109 Å². The molecular weight excluding hydrogens is 1600 g/mol. The number of hydrogen-bond acceptors (Lipinski definition) is 16. The molecule has 8 bridgehead atoms. The van der Waals surface area contributed by atoms with Gasteiger partial charge in [-0.2, -0.15) is 0 Å². The SMILES string of the molecule is CCCCCCOc1c2cc(NC(=O)[C@@H](N)CCCN=C(N)N)cc1Cc1cc(NC(=O)[C@@H](N)CCCN=C(N)N)cc(c1OCCCCCC)Cc1cc(NC(=O)[C@@H](N)CCCN=C(N)N)cc(c1OCCCCCC)Cc1cc(NC(=O)[C@@H](N)CCCN=C(N)N)cc(c1OCCCCCC)C2.Cl.Cl.Cl.Cl.Cl.Cl.Cl.Cl. The van der Waals surface area contributed by atoms with Crippen LogP contribution in [0.1, 0.15) is 226 Å². The van der Waals surface area contributed by atoms with Gasteiger partial charge in [0.15, 0.2) is 23.8 Å². The second kappa shape index (κ2) is 62.5. The molecule has 112 heavy (non-hydrogen) atoms. The van der Waals surface area contributed by atoms with Crippen molar-refractivity contribution < 1.29 is 38.1 Å². The van der Waals surface area contributed by atoms with Gasteiger partial charge in [-0.15, -0.1) is 99.3 Å². The molecule has 0 fully saturated rings. The molecule has 5 rings (SSSR count). The quantitative estimate of drug-likeness (QED) is 0.00977. The molecule has 0 heterocycles. The number of benzene rings is 4. The van der Waals surface area contributed by atoms with Gasteiger partial charge < -0.3 is 109 Å². The van der Waals surface area contributed by atoms with Crippen molar-refractivity contribution in [1.82, 2.24) is 0 Å². The monoisotopic (exact) mass is 1730 g/mol. The van der Waals surface area contributed by atoms with Crippen LogP contribution >= 0.6 is 99.3 Å². The smallest absolute Gasteiger partial charge is 0.241 e. The van der Waals surface area contributed by atoms with Crippen LogP contribution in [-0.2, 0) is 44.9 Å². The number of rotatable bonds is 48. The molecule has 0 radical (unpaired) electrons. The first-order chi connectivity index (χ1) is 50.0. The Kier molecular flexibility index (Phi) is 62.3. The third-order valence-corrected chi connectivity index (χ3v) is 17.8. The lowest BCUT2D eigenvalue weighted by molar-refractivity contribution is -0.118. The number of anilines is 4. The van der Waals surface area contributed by atoms with E-state index in [-0.39, 0.29) is 201 Å². The second-order valence-electron chi connectivity index (χ2n) is 27.0. The van der Waals surface area contributed by atoms with E-state index in [9.17, 15) is 19.2 Å². The van der Waals surface area contributed by atoms with Crippen molar-refractivity contribution in [3.8, 4) is 23.0 Å². The number of carbonyl (C=O) groups excluding carboxylic acids is 4. The van der Waals surface area contributed by atoms with E-state index in [2.05, 4.69) is 68.9 Å². The van der Waals surface area contributed by atoms with Crippen LogP contribution in [0.4, 0.5) is 22.7 Å². The van der Waals surface area contributed by atoms with Crippen LogP contribution in [0.25, 0.3) is 0 Å². The number of carbonyl (C=O) groups is 4. The Bertz CT molecular complexity index is 2960. The number of fused-ring (bicyclic) bond motifs is 8. The van der Waals surface area contributed by atoms with Crippen molar-refractivity contribution in [2.45, 2.75) is 232 Å². The van der Waals surface area contributed by atoms with Crippen LogP contribution in [0.3, 0.4) is 0 Å². The molecule has 0 spiro atoms. The highest BCUT2D eigenvalue weighted by Crippen LogP contribution is 2.43. The molecule has 1 aliphatic rings. The standard InChI is InChI=1S/C76H124N20O8.8ClH/c1-5-9-13-17-33-101-65-49-37-51-43-58(94-70(98)62(78)26-22-30-90-74(83)84)45-53(66(51)102-34-18-14-10-6-2)39-55-47-60(96-72(100)64(80)28-24-32-92-76(87)88)48-56(68(55)104-36-20-16-12-8-4)40-54-46-59(95-71(99)63(79)27-23-31-91-75(85)86)44-52(67(54)103-35-19-15-11-7-3)38-50(65)42-57(41-49)93-69(97)61(77)25-21-29-89-73(81)82;;;;;;;;/h41-48,61-64H,5-40,77-80H2,1-4H3,(H,93,97)(H,94,98)(H,95,99)(H,96,100)(H4,81,82,89)(H4,83,84,90)(H4,85,86,91)(H4,87,88,92);8*1H/t61-,62-,63-,64-;;;;;;;;/m0......../s1. The molecule has 0 aliphatic heterocycles. The van der Waals surface area contributed by atoms with E-state index < -0.39 is 47.8 Å². The van der Waals surface area contributed by atoms with Crippen molar-refractivity contribution in [2.75, 3.05) is 73.9 Å². The number of halogens is 8. The van der Waals surface area contributed by atoms with Gasteiger partial charge in [-0.1, -0.05) is 105 Å². The molecule has 36 heteroatoms. The van der Waals surface area contributed by atoms with E-state index in [0.29, 0.717) is 142 Å². The molecule has 0 saturated carbocycles. The van der Waals surface area contributed by atoms with E-state index in [1.54, 1.807) is 0 Å². The van der Waals surface area contributed by atoms with Gasteiger partial charge in [-0.3, -0.25) is 39.1 Å². The van der Waals surface area contributed by atoms with Gasteiger partial charge in [0.2, 0.25) is 23.6 Å². The predicted molar refractivity (Wildman–Crippen MR) is 480 cm³/mol. The molecule has 28 N–H and O–H groups in total. The summed E-state index contributed by atoms with van der Waals surface area (Å²) < 4.78 is 28.7. The van der Waals surface area contributed by atoms with Crippen molar-refractivity contribution in [3.63, 3.8) is 0 Å². The van der Waals surface area contributed by atoms with Gasteiger partial charge in [0.05, 0.1) is 50.6 Å². The van der Waals surface area contributed by atoms with E-state index in [4.69, 9.17) is 87.8 Å². The van der Waals surface area contributed by atoms with Gasteiger partial charge in [0, 0.05) is 119 Å². The Morgan fingerprint density at radius 2 is 0.464 bits per heavy atom. The van der Waals surface area contributed by atoms with Crippen LogP contribution in [0.5, 0.6) is 23.0 Å². The Balaban J connectivity index is -0.00000729. The molecule has 640 valence electrons. The minimum atomic E-state index is -0.951. The highest BCUT2D eigenvalue weighted by Gasteiger charge is 2.28. The van der Waals surface area contributed by atoms with Gasteiger partial charge in [-0.05, 0) is 126 Å². The number of nitrogens with zero attached hydrogens (tertiary/aromatic N) is 4. The largest absolute Gasteiger partial charge is 0.493 e. The van der Waals surface area contributed by atoms with E-state index in [0.717, 1.165) is 103 Å². The topological polar surface area (TPSA) is 515 Å². The van der Waals surface area contributed by atoms with E-state index >= 15 is 0 Å². The molecular formula is C76H132Cl8N20O8. The van der Waals surface area contributed by atoms with Gasteiger partial charge in [0.25, 0.3) is 0 Å². The van der Waals surface area contributed by atoms with Crippen LogP contribution in [0, 0.1) is 0 Å². The second-order valence-corrected chi connectivity index (χ2v) is 27.0. The number of amides is 4. The summed E-state index contributed by atoms with van der Waals surface area (Å²) in [6, 6.07) is 11.4. The lowest BCUT2D eigenvalue weighted by Gasteiger charge is -2.25. The Morgan fingerprint density at radius 1 is 0.295 bits per heavy atom. The zero-order valence-corrected chi connectivity index (χ0v) is 72.2. The number of hydrogen-bond donors (Lipinski definition) is 16. The molecule has 4 atom stereocenters. The number of nitrogens with one attached hydrogen (secondary N) is 4. The van der Waals surface area contributed by atoms with Crippen LogP contribution in [-0.4, -0.2) is 124 Å². The Morgan fingerprint density at radius 3 is 0.616 bits per heavy atom. The average Bonchev–Trinajstić information content (AvgIpc) is 0.771. The number of guanidine groups is 4. The van der Waals surface area contributed by atoms with E-state index in [1.165, 1.54) is 0 Å². The number of aliphatic imine (C=N–C) groups is 4. The summed E-state index contributed by atoms with van der Waals surface area (Å²) in [5.74, 6) is 0.177. The lowest BCUT2D eigenvalue weighted by atomic mass is 9.90. The van der Waals surface area contributed by atoms with E-state index in [1.807, 2.05) is 48.5 Å². The maximum atomic E-state index is 14.5. The molecule has 4 aromatic rings. The highest BCUT2D eigenvalue weighted by molar-refractivity contribution is 5.98. The third-order valence-electron chi connectivity index (χ3n) is 17.8. The first-order valence-corrected chi connectivity index (χ1v) is 37.7. The summed E-state index contributed by atoms with van der Waals surface area (Å²) in [6.07, 6.45) is 18.0. The summed E-state index contributed by atoms with van der Waals surface area (Å²) in [5, 5.41) is 12.7. The van der Waals surface area contributed by atoms with Gasteiger partial charge >= 0.3 is 0 Å². The summed E-state index contributed by atoms with van der Waals surface area (Å²) in [4.78, 5) is 74.4. The third kappa shape index (κ3) is 41.5. The first kappa shape index (κ1) is 112. The fourth-order valence-corrected chi connectivity index (χ4v) is 12.3. The summed E-state index contributed by atoms with van der Waals surface area (Å²) in [5.41, 5.74) is 78.9. The molecule has 4 aromatic carbocycles. The van der Waals surface area contributed by atoms with Gasteiger partial charge in [-0.25, -0.2) is 0 Å². The van der Waals surface area contributed by atoms with Gasteiger partial charge in [0.1, 0.15) is 23.0 Å². The zero-order valence-electron chi connectivity index (χ0n) is 65.6. The molecule has 28 nitrogen and oxygen atoms in total. The average molecular weight is 1740 g/mol. The Labute approximate surface area is 713 Å². The molecule has 0 saturated heterocycles. The minimum absolute atomic E-state index is 0. The lowest BCUT2D eigenvalue weighted by Crippen LogP contribution is -2.36. The van der Waals surface area contributed by atoms with Crippen LogP contribution in [0.2, 0.25) is 0 Å². The number of ether oxygens (including phenoxy) is 4. The number of unbranched alkanes of at least 4 members (excludes halogenated alkanes) is 12. The fourth-order valence-electron chi connectivity index (χ4n) is 12.3. The van der Waals surface area contributed by atoms with Crippen molar-refractivity contribution in [2.24, 2.45) is 88.8 Å². The van der Waals surface area contributed by atoms with Crippen molar-refractivity contribution >= 4 is 169 Å². The zero-order chi connectivity index (χ0) is 75.8. The fraction of sp³-hybridized carbons (Fsp3) is 0.579. The summed E-state index contributed by atoms with van der Waals surface area (Å²) in [6.45, 7) is 11.1. The summed E-state index contributed by atoms with van der Waals surface area (Å²) >= 11 is 0. The molecule has 1 aliphatic carbocycles. The molecule has 0 aromatic heterocycles. The molecule has 0 unspecified atom stereocenters. The highest BCUT2D eigenvalue weighted by atomic mass is 35.5. The Hall–Kier alpha value is -6.80. The van der Waals surface area contributed by atoms with Crippen LogP contribution in [0.15, 0.2) is 68.5 Å². The predicted octanol–water partition coefficient (Wildman–Crippen LogP) is 10.9. The minimum Gasteiger partial charge on any atom is -0.493 e. The van der Waals surface area contributed by atoms with Crippen molar-refractivity contribution in [1.29, 1.82) is 0 Å². The first-order valence-electron chi connectivity index (χ1n) is 37.7. The normalized spacial score (nSPS) is 11.9. The maximum Gasteiger partial charge on any atom is 0.241 e. The van der Waals surface area contributed by atoms with Crippen molar-refractivity contribution in [3.05, 3.63) is 93.0 Å². The molecule has 4 amide bonds. The summed E-state index contributed by atoms with van der Waals surface area (Å²) in [7, 11) is 0. The maximum absolute atomic E-state index is 14.5.